The molecule has 0 spiro atoms. The second-order valence-electron chi connectivity index (χ2n) is 17.8. The van der Waals surface area contributed by atoms with Crippen molar-refractivity contribution in [3.05, 3.63) is 111 Å². The molecule has 0 radical (unpaired) electrons. The highest BCUT2D eigenvalue weighted by Crippen LogP contribution is 2.44. The number of sulfonamides is 1. The van der Waals surface area contributed by atoms with Crippen LogP contribution in [0.1, 0.15) is 55.5 Å². The first-order valence-electron chi connectivity index (χ1n) is 22.1. The van der Waals surface area contributed by atoms with Crippen LogP contribution in [-0.2, 0) is 19.5 Å². The van der Waals surface area contributed by atoms with Crippen molar-refractivity contribution in [3.8, 4) is 5.88 Å². The molecule has 18 heteroatoms. The highest BCUT2D eigenvalue weighted by Gasteiger charge is 2.32. The SMILES string of the molecule is CC1(C)CCC(CN2CCN(c3ccc(C(=O)NS(=O)(=O)c4ccc(NC[C@@H]5COCCO5)c([N+](=O)[O-])c4)c(N4CCCOc5nc6[nH]ccc6cc54)c3)CC2)=C(c2ccc(Cl)cc2)C1. The number of pyridine rings is 1. The number of carbonyl (C=O) groups is 1. The van der Waals surface area contributed by atoms with Crippen molar-refractivity contribution < 1.29 is 32.3 Å². The Hall–Kier alpha value is -5.72. The van der Waals surface area contributed by atoms with E-state index in [0.29, 0.717) is 62.3 Å². The van der Waals surface area contributed by atoms with Crippen LogP contribution in [0.4, 0.5) is 28.4 Å². The Kier molecular flexibility index (Phi) is 12.8. The lowest BCUT2D eigenvalue weighted by Crippen LogP contribution is -2.47. The maximum atomic E-state index is 14.4. The molecule has 65 heavy (non-hydrogen) atoms. The van der Waals surface area contributed by atoms with Crippen LogP contribution in [0.3, 0.4) is 0 Å². The molecule has 2 saturated heterocycles. The quantitative estimate of drug-likeness (QED) is 0.0815. The first-order valence-corrected chi connectivity index (χ1v) is 23.9. The molecular weight excluding hydrogens is 872 g/mol. The Balaban J connectivity index is 0.986. The number of rotatable bonds is 12. The second-order valence-corrected chi connectivity index (χ2v) is 19.9. The summed E-state index contributed by atoms with van der Waals surface area (Å²) in [6.45, 7) is 11.0. The number of hydrogen-bond acceptors (Lipinski definition) is 13. The van der Waals surface area contributed by atoms with E-state index in [4.69, 9.17) is 30.8 Å². The van der Waals surface area contributed by atoms with Gasteiger partial charge in [-0.15, -0.1) is 0 Å². The number of fused-ring (bicyclic) bond motifs is 2. The predicted octanol–water partition coefficient (Wildman–Crippen LogP) is 7.78. The summed E-state index contributed by atoms with van der Waals surface area (Å²) in [6, 6.07) is 21.0. The third-order valence-corrected chi connectivity index (χ3v) is 14.3. The van der Waals surface area contributed by atoms with Gasteiger partial charge in [0.1, 0.15) is 17.0 Å². The molecule has 16 nitrogen and oxygen atoms in total. The van der Waals surface area contributed by atoms with Crippen LogP contribution in [0.2, 0.25) is 5.02 Å². The molecular formula is C47H53ClN8O8S. The van der Waals surface area contributed by atoms with E-state index in [1.165, 1.54) is 28.8 Å². The summed E-state index contributed by atoms with van der Waals surface area (Å²) in [7, 11) is -4.59. The van der Waals surface area contributed by atoms with E-state index in [2.05, 4.69) is 50.8 Å². The van der Waals surface area contributed by atoms with Crippen LogP contribution >= 0.6 is 11.6 Å². The number of nitrogens with one attached hydrogen (secondary N) is 3. The van der Waals surface area contributed by atoms with Crippen molar-refractivity contribution in [1.29, 1.82) is 0 Å². The highest BCUT2D eigenvalue weighted by molar-refractivity contribution is 7.90. The number of piperazine rings is 1. The molecule has 2 fully saturated rings. The van der Waals surface area contributed by atoms with Crippen molar-refractivity contribution >= 4 is 72.6 Å². The lowest BCUT2D eigenvalue weighted by molar-refractivity contribution is -0.384. The molecule has 342 valence electrons. The van der Waals surface area contributed by atoms with Gasteiger partial charge in [0.25, 0.3) is 21.6 Å². The molecule has 0 bridgehead atoms. The predicted molar refractivity (Wildman–Crippen MR) is 251 cm³/mol. The van der Waals surface area contributed by atoms with Gasteiger partial charge in [-0.2, -0.15) is 4.98 Å². The first kappa shape index (κ1) is 44.5. The zero-order valence-electron chi connectivity index (χ0n) is 36.5. The van der Waals surface area contributed by atoms with Crippen molar-refractivity contribution in [2.24, 2.45) is 5.41 Å². The fourth-order valence-electron chi connectivity index (χ4n) is 9.14. The average molecular weight is 926 g/mol. The number of benzene rings is 3. The van der Waals surface area contributed by atoms with Gasteiger partial charge in [0.15, 0.2) is 0 Å². The van der Waals surface area contributed by atoms with Crippen molar-refractivity contribution in [2.75, 3.05) is 87.4 Å². The number of aromatic nitrogens is 2. The molecule has 0 unspecified atom stereocenters. The number of anilines is 4. The van der Waals surface area contributed by atoms with E-state index >= 15 is 0 Å². The van der Waals surface area contributed by atoms with E-state index in [9.17, 15) is 23.3 Å². The number of hydrogen-bond donors (Lipinski definition) is 3. The summed E-state index contributed by atoms with van der Waals surface area (Å²) in [5, 5.41) is 16.7. The molecule has 4 aliphatic rings. The number of aromatic amines is 1. The van der Waals surface area contributed by atoms with E-state index in [-0.39, 0.29) is 29.3 Å². The summed E-state index contributed by atoms with van der Waals surface area (Å²) < 4.78 is 47.2. The summed E-state index contributed by atoms with van der Waals surface area (Å²) in [5.41, 5.74) is 6.73. The van der Waals surface area contributed by atoms with Crippen LogP contribution in [0, 0.1) is 15.5 Å². The summed E-state index contributed by atoms with van der Waals surface area (Å²) in [5.74, 6) is -0.504. The van der Waals surface area contributed by atoms with Gasteiger partial charge in [-0.3, -0.25) is 19.8 Å². The second kappa shape index (κ2) is 18.6. The van der Waals surface area contributed by atoms with E-state index in [0.717, 1.165) is 74.1 Å². The number of ether oxygens (including phenoxy) is 3. The first-order chi connectivity index (χ1) is 31.3. The molecule has 3 N–H and O–H groups in total. The Morgan fingerprint density at radius 3 is 2.57 bits per heavy atom. The minimum Gasteiger partial charge on any atom is -0.476 e. The zero-order chi connectivity index (χ0) is 45.3. The van der Waals surface area contributed by atoms with Crippen molar-refractivity contribution in [3.63, 3.8) is 0 Å². The van der Waals surface area contributed by atoms with Crippen LogP contribution in [0.15, 0.2) is 89.5 Å². The Bertz CT molecular complexity index is 2730. The third kappa shape index (κ3) is 9.94. The maximum absolute atomic E-state index is 14.4. The molecule has 2 aromatic heterocycles. The number of allylic oxidation sites excluding steroid dienone is 1. The number of nitro benzene ring substituents is 1. The number of carbonyl (C=O) groups excluding carboxylic acids is 1. The summed E-state index contributed by atoms with van der Waals surface area (Å²) in [4.78, 5) is 40.1. The fraction of sp³-hybridized carbons (Fsp3) is 0.404. The molecule has 1 aliphatic carbocycles. The van der Waals surface area contributed by atoms with Gasteiger partial charge in [0.2, 0.25) is 5.88 Å². The van der Waals surface area contributed by atoms with Gasteiger partial charge in [-0.1, -0.05) is 43.2 Å². The Morgan fingerprint density at radius 2 is 1.80 bits per heavy atom. The summed E-state index contributed by atoms with van der Waals surface area (Å²) in [6.07, 6.45) is 5.26. The maximum Gasteiger partial charge on any atom is 0.293 e. The van der Waals surface area contributed by atoms with Crippen LogP contribution in [0.25, 0.3) is 16.6 Å². The number of amides is 1. The van der Waals surface area contributed by atoms with E-state index in [1.54, 1.807) is 12.3 Å². The standard InChI is InChI=1S/C47H53ClN8O8S/c1-47(2)14-12-33(39(27-47)31-4-6-34(48)7-5-31)29-53-17-19-54(20-18-53)35-8-10-38(41(25-35)55-16-3-21-64-46-43(55)24-32-13-15-49-44(32)51-46)45(57)52-65(60,61)37-9-11-40(42(26-37)56(58)59)50-28-36-30-62-22-23-63-36/h4-11,13,15,24-26,36,50H,3,12,14,16-23,27-30H2,1-2H3,(H,49,51)(H,52,57)/t36-/m1/s1. The lowest BCUT2D eigenvalue weighted by atomic mass is 9.72. The number of nitro groups is 1. The van der Waals surface area contributed by atoms with Gasteiger partial charge in [-0.05, 0) is 96.8 Å². The molecule has 0 saturated carbocycles. The average Bonchev–Trinajstić information content (AvgIpc) is 3.66. The van der Waals surface area contributed by atoms with E-state index in [1.807, 2.05) is 41.3 Å². The minimum absolute atomic E-state index is 0.0994. The van der Waals surface area contributed by atoms with Crippen LogP contribution in [0.5, 0.6) is 5.88 Å². The van der Waals surface area contributed by atoms with Gasteiger partial charge in [0.05, 0.1) is 53.6 Å². The molecule has 3 aromatic carbocycles. The van der Waals surface area contributed by atoms with Gasteiger partial charge in [-0.25, -0.2) is 13.1 Å². The van der Waals surface area contributed by atoms with E-state index < -0.39 is 31.4 Å². The number of nitrogens with zero attached hydrogens (tertiary/aromatic N) is 5. The fourth-order valence-corrected chi connectivity index (χ4v) is 10.3. The molecule has 5 heterocycles. The number of halogens is 1. The number of H-pyrrole nitrogens is 1. The van der Waals surface area contributed by atoms with Crippen molar-refractivity contribution in [2.45, 2.75) is 50.5 Å². The molecule has 9 rings (SSSR count). The monoisotopic (exact) mass is 924 g/mol. The lowest BCUT2D eigenvalue weighted by Gasteiger charge is -2.39. The highest BCUT2D eigenvalue weighted by atomic mass is 35.5. The Morgan fingerprint density at radius 1 is 0.985 bits per heavy atom. The van der Waals surface area contributed by atoms with Crippen LogP contribution < -0.4 is 24.6 Å². The molecule has 3 aliphatic heterocycles. The molecule has 1 amide bonds. The van der Waals surface area contributed by atoms with Crippen LogP contribution in [-0.4, -0.2) is 112 Å². The largest absolute Gasteiger partial charge is 0.476 e. The van der Waals surface area contributed by atoms with Crippen molar-refractivity contribution in [1.82, 2.24) is 19.6 Å². The molecule has 1 atom stereocenters. The smallest absolute Gasteiger partial charge is 0.293 e. The van der Waals surface area contributed by atoms with Gasteiger partial charge >= 0.3 is 0 Å². The topological polar surface area (TPSA) is 185 Å². The zero-order valence-corrected chi connectivity index (χ0v) is 38.1. The van der Waals surface area contributed by atoms with Gasteiger partial charge < -0.3 is 34.3 Å². The third-order valence-electron chi connectivity index (χ3n) is 12.7. The normalized spacial score (nSPS) is 19.3. The molecule has 5 aromatic rings. The summed E-state index contributed by atoms with van der Waals surface area (Å²) >= 11 is 6.27. The van der Waals surface area contributed by atoms with Gasteiger partial charge in [0, 0.05) is 74.2 Å². The minimum atomic E-state index is -4.59. The Labute approximate surface area is 383 Å².